The summed E-state index contributed by atoms with van der Waals surface area (Å²) in [6.07, 6.45) is 0. The molecule has 9 nitrogen and oxygen atoms in total. The molecule has 32 heavy (non-hydrogen) atoms. The minimum atomic E-state index is -0.619. The van der Waals surface area contributed by atoms with Crippen molar-refractivity contribution in [3.8, 4) is 0 Å². The number of non-ortho nitro benzene ring substituents is 2. The van der Waals surface area contributed by atoms with E-state index in [9.17, 15) is 29.8 Å². The number of allylic oxidation sites excluding steroid dienone is 1. The second kappa shape index (κ2) is 8.44. The summed E-state index contributed by atoms with van der Waals surface area (Å²) in [5, 5.41) is 25.2. The van der Waals surface area contributed by atoms with Gasteiger partial charge in [0.2, 0.25) is 0 Å². The fraction of sp³-hybridized carbons (Fsp3) is 0. The molecule has 1 heterocycles. The summed E-state index contributed by atoms with van der Waals surface area (Å²) in [5.74, 6) is -1.24. The SMILES string of the molecule is O=C(C(C(=O)c1ccc([N+](=O)[O-])cc1)=C1Nc2ccccc2S1)c1ccc([N+](=O)[O-])cc1. The number of ketones is 2. The van der Waals surface area contributed by atoms with Crippen LogP contribution in [0.15, 0.2) is 88.3 Å². The van der Waals surface area contributed by atoms with E-state index in [2.05, 4.69) is 5.32 Å². The van der Waals surface area contributed by atoms with Crippen LogP contribution in [0.4, 0.5) is 17.1 Å². The zero-order valence-electron chi connectivity index (χ0n) is 16.2. The van der Waals surface area contributed by atoms with E-state index in [1.807, 2.05) is 18.2 Å². The van der Waals surface area contributed by atoms with Gasteiger partial charge in [0.15, 0.2) is 11.6 Å². The number of benzene rings is 3. The normalized spacial score (nSPS) is 11.9. The number of hydrogen-bond acceptors (Lipinski definition) is 8. The Morgan fingerprint density at radius 2 is 1.19 bits per heavy atom. The number of para-hydroxylation sites is 1. The Morgan fingerprint density at radius 3 is 1.62 bits per heavy atom. The standard InChI is InChI=1S/C22H13N3O6S/c26-20(13-5-9-15(10-6-13)24(28)29)19(22-23-17-3-1-2-4-18(17)32-22)21(27)14-7-11-16(12-8-14)25(30)31/h1-12,23H. The molecule has 1 aliphatic rings. The molecule has 0 radical (unpaired) electrons. The third-order valence-corrected chi connectivity index (χ3v) is 5.80. The lowest BCUT2D eigenvalue weighted by atomic mass is 9.96. The van der Waals surface area contributed by atoms with Crippen LogP contribution in [0.25, 0.3) is 0 Å². The van der Waals surface area contributed by atoms with Crippen molar-refractivity contribution in [3.63, 3.8) is 0 Å². The van der Waals surface area contributed by atoms with Gasteiger partial charge in [0.05, 0.1) is 20.6 Å². The average Bonchev–Trinajstić information content (AvgIpc) is 3.22. The molecule has 3 aromatic carbocycles. The summed E-state index contributed by atoms with van der Waals surface area (Å²) >= 11 is 1.22. The summed E-state index contributed by atoms with van der Waals surface area (Å²) in [7, 11) is 0. The van der Waals surface area contributed by atoms with Crippen molar-refractivity contribution >= 4 is 40.4 Å². The van der Waals surface area contributed by atoms with Crippen LogP contribution in [0.1, 0.15) is 20.7 Å². The molecule has 158 valence electrons. The van der Waals surface area contributed by atoms with Gasteiger partial charge in [-0.05, 0) is 36.4 Å². The van der Waals surface area contributed by atoms with Gasteiger partial charge in [-0.3, -0.25) is 29.8 Å². The fourth-order valence-corrected chi connectivity index (χ4v) is 4.14. The van der Waals surface area contributed by atoms with E-state index in [1.54, 1.807) is 6.07 Å². The van der Waals surface area contributed by atoms with E-state index in [-0.39, 0.29) is 28.1 Å². The zero-order valence-corrected chi connectivity index (χ0v) is 17.0. The molecule has 0 atom stereocenters. The van der Waals surface area contributed by atoms with Gasteiger partial charge in [0.1, 0.15) is 5.57 Å². The lowest BCUT2D eigenvalue weighted by Gasteiger charge is -2.10. The van der Waals surface area contributed by atoms with Crippen molar-refractivity contribution in [3.05, 3.63) is 115 Å². The first-order valence-electron chi connectivity index (χ1n) is 9.21. The van der Waals surface area contributed by atoms with Crippen molar-refractivity contribution in [2.45, 2.75) is 4.90 Å². The minimum Gasteiger partial charge on any atom is -0.348 e. The predicted molar refractivity (Wildman–Crippen MR) is 118 cm³/mol. The number of carbonyl (C=O) groups excluding carboxylic acids is 2. The van der Waals surface area contributed by atoms with Gasteiger partial charge in [-0.2, -0.15) is 0 Å². The number of Topliss-reactive ketones (excluding diaryl/α,β-unsaturated/α-hetero) is 2. The molecule has 0 aliphatic carbocycles. The highest BCUT2D eigenvalue weighted by Crippen LogP contribution is 2.43. The third kappa shape index (κ3) is 3.98. The Hall–Kier alpha value is -4.31. The molecule has 0 bridgehead atoms. The molecule has 0 saturated heterocycles. The molecule has 0 amide bonds. The quantitative estimate of drug-likeness (QED) is 0.139. The average molecular weight is 447 g/mol. The topological polar surface area (TPSA) is 132 Å². The second-order valence-electron chi connectivity index (χ2n) is 6.69. The van der Waals surface area contributed by atoms with Gasteiger partial charge in [-0.25, -0.2) is 0 Å². The largest absolute Gasteiger partial charge is 0.348 e. The second-order valence-corrected chi connectivity index (χ2v) is 7.75. The summed E-state index contributed by atoms with van der Waals surface area (Å²) in [5.41, 5.74) is 0.418. The van der Waals surface area contributed by atoms with E-state index < -0.39 is 21.4 Å². The smallest absolute Gasteiger partial charge is 0.269 e. The molecule has 0 saturated carbocycles. The van der Waals surface area contributed by atoms with Crippen LogP contribution in [0.2, 0.25) is 0 Å². The predicted octanol–water partition coefficient (Wildman–Crippen LogP) is 5.00. The highest BCUT2D eigenvalue weighted by Gasteiger charge is 2.30. The first-order valence-corrected chi connectivity index (χ1v) is 10.0. The Labute approximate surface area is 185 Å². The number of fused-ring (bicyclic) bond motifs is 1. The van der Waals surface area contributed by atoms with E-state index in [1.165, 1.54) is 60.3 Å². The zero-order chi connectivity index (χ0) is 22.8. The molecule has 3 aromatic rings. The summed E-state index contributed by atoms with van der Waals surface area (Å²) < 4.78 is 0. The highest BCUT2D eigenvalue weighted by atomic mass is 32.2. The molecule has 0 spiro atoms. The Balaban J connectivity index is 1.77. The number of anilines is 1. The summed E-state index contributed by atoms with van der Waals surface area (Å²) in [6, 6.07) is 17.2. The van der Waals surface area contributed by atoms with Gasteiger partial charge < -0.3 is 5.32 Å². The van der Waals surface area contributed by atoms with Crippen LogP contribution < -0.4 is 5.32 Å². The number of nitro groups is 2. The first-order chi connectivity index (χ1) is 15.3. The number of thioether (sulfide) groups is 1. The van der Waals surface area contributed by atoms with Gasteiger partial charge in [-0.1, -0.05) is 23.9 Å². The number of nitrogens with one attached hydrogen (secondary N) is 1. The molecule has 0 aromatic heterocycles. The van der Waals surface area contributed by atoms with Gasteiger partial charge in [0, 0.05) is 40.3 Å². The first kappa shape index (κ1) is 20.9. The number of nitro benzene ring substituents is 2. The molecule has 0 fully saturated rings. The van der Waals surface area contributed by atoms with E-state index in [4.69, 9.17) is 0 Å². The molecule has 0 unspecified atom stereocenters. The van der Waals surface area contributed by atoms with E-state index in [0.29, 0.717) is 5.03 Å². The number of carbonyl (C=O) groups is 2. The summed E-state index contributed by atoms with van der Waals surface area (Å²) in [6.45, 7) is 0. The van der Waals surface area contributed by atoms with Crippen LogP contribution in [0.5, 0.6) is 0 Å². The Kier molecular flexibility index (Phi) is 5.52. The van der Waals surface area contributed by atoms with Crippen molar-refractivity contribution in [1.82, 2.24) is 0 Å². The Bertz CT molecular complexity index is 1200. The van der Waals surface area contributed by atoms with Crippen LogP contribution >= 0.6 is 11.8 Å². The van der Waals surface area contributed by atoms with Crippen molar-refractivity contribution in [2.24, 2.45) is 0 Å². The van der Waals surface area contributed by atoms with Crippen LogP contribution in [-0.4, -0.2) is 21.4 Å². The molecule has 10 heteroatoms. The van der Waals surface area contributed by atoms with Gasteiger partial charge >= 0.3 is 0 Å². The lowest BCUT2D eigenvalue weighted by Crippen LogP contribution is -2.17. The molecule has 4 rings (SSSR count). The lowest BCUT2D eigenvalue weighted by molar-refractivity contribution is -0.385. The molecule has 1 N–H and O–H groups in total. The fourth-order valence-electron chi connectivity index (χ4n) is 3.10. The van der Waals surface area contributed by atoms with Crippen molar-refractivity contribution in [1.29, 1.82) is 0 Å². The molecule has 1 aliphatic heterocycles. The maximum Gasteiger partial charge on any atom is 0.269 e. The molecular weight excluding hydrogens is 434 g/mol. The third-order valence-electron chi connectivity index (χ3n) is 4.71. The number of hydrogen-bond donors (Lipinski definition) is 1. The van der Waals surface area contributed by atoms with Gasteiger partial charge in [-0.15, -0.1) is 0 Å². The van der Waals surface area contributed by atoms with Crippen molar-refractivity contribution in [2.75, 3.05) is 5.32 Å². The van der Waals surface area contributed by atoms with Crippen LogP contribution in [0, 0.1) is 20.2 Å². The van der Waals surface area contributed by atoms with E-state index in [0.717, 1.165) is 10.6 Å². The number of rotatable bonds is 6. The minimum absolute atomic E-state index is 0.103. The van der Waals surface area contributed by atoms with E-state index >= 15 is 0 Å². The van der Waals surface area contributed by atoms with Gasteiger partial charge in [0.25, 0.3) is 11.4 Å². The maximum absolute atomic E-state index is 13.3. The Morgan fingerprint density at radius 1 is 0.719 bits per heavy atom. The highest BCUT2D eigenvalue weighted by molar-refractivity contribution is 8.03. The number of nitrogens with zero attached hydrogens (tertiary/aromatic N) is 2. The summed E-state index contributed by atoms with van der Waals surface area (Å²) in [4.78, 5) is 48.2. The van der Waals surface area contributed by atoms with Crippen molar-refractivity contribution < 1.29 is 19.4 Å². The van der Waals surface area contributed by atoms with Crippen LogP contribution in [0.3, 0.4) is 0 Å². The molecular formula is C22H13N3O6S. The maximum atomic E-state index is 13.3. The monoisotopic (exact) mass is 447 g/mol. The van der Waals surface area contributed by atoms with Crippen LogP contribution in [-0.2, 0) is 0 Å².